The summed E-state index contributed by atoms with van der Waals surface area (Å²) in [6, 6.07) is 0. The summed E-state index contributed by atoms with van der Waals surface area (Å²) in [4.78, 5) is 21.2. The van der Waals surface area contributed by atoms with E-state index < -0.39 is 29.4 Å². The number of carbonyl (C=O) groups is 2. The van der Waals surface area contributed by atoms with Crippen LogP contribution in [0.4, 0.5) is 19.0 Å². The summed E-state index contributed by atoms with van der Waals surface area (Å²) in [5.41, 5.74) is -0.514. The number of nitrogens with one attached hydrogen (secondary N) is 1. The molecular formula is C7H6F3N3O3. The predicted molar refractivity (Wildman–Crippen MR) is 44.9 cm³/mol. The van der Waals surface area contributed by atoms with Gasteiger partial charge < -0.3 is 10.4 Å². The number of hydrogen-bond acceptors (Lipinski definition) is 3. The van der Waals surface area contributed by atoms with E-state index in [0.29, 0.717) is 0 Å². The van der Waals surface area contributed by atoms with Gasteiger partial charge in [0, 0.05) is 7.05 Å². The normalized spacial score (nSPS) is 11.2. The monoisotopic (exact) mass is 237 g/mol. The minimum absolute atomic E-state index is 0.514. The third-order valence-electron chi connectivity index (χ3n) is 1.66. The van der Waals surface area contributed by atoms with Crippen molar-refractivity contribution < 1.29 is 27.9 Å². The van der Waals surface area contributed by atoms with Crippen molar-refractivity contribution in [1.29, 1.82) is 0 Å². The Kier molecular flexibility index (Phi) is 2.88. The minimum atomic E-state index is -5.08. The fourth-order valence-electron chi connectivity index (χ4n) is 0.921. The molecule has 0 fully saturated rings. The first-order chi connectivity index (χ1) is 7.23. The molecule has 0 saturated carbocycles. The Bertz CT molecular complexity index is 438. The van der Waals surface area contributed by atoms with Gasteiger partial charge in [0.25, 0.3) is 0 Å². The van der Waals surface area contributed by atoms with Gasteiger partial charge in [-0.15, -0.1) is 0 Å². The molecule has 0 bridgehead atoms. The molecule has 1 aromatic heterocycles. The van der Waals surface area contributed by atoms with Crippen molar-refractivity contribution >= 4 is 17.7 Å². The minimum Gasteiger partial charge on any atom is -0.477 e. The third-order valence-corrected chi connectivity index (χ3v) is 1.66. The Labute approximate surface area is 86.7 Å². The van der Waals surface area contributed by atoms with Gasteiger partial charge in [-0.3, -0.25) is 9.48 Å². The Morgan fingerprint density at radius 3 is 2.50 bits per heavy atom. The molecular weight excluding hydrogens is 231 g/mol. The van der Waals surface area contributed by atoms with Gasteiger partial charge in [0.05, 0.1) is 6.20 Å². The van der Waals surface area contributed by atoms with E-state index in [9.17, 15) is 22.8 Å². The lowest BCUT2D eigenvalue weighted by Crippen LogP contribution is -2.31. The summed E-state index contributed by atoms with van der Waals surface area (Å²) < 4.78 is 36.6. The number of alkyl halides is 3. The van der Waals surface area contributed by atoms with Crippen molar-refractivity contribution in [2.75, 3.05) is 5.32 Å². The molecule has 0 aliphatic carbocycles. The lowest BCUT2D eigenvalue weighted by molar-refractivity contribution is -0.167. The number of aromatic carboxylic acids is 1. The first-order valence-corrected chi connectivity index (χ1v) is 3.87. The topological polar surface area (TPSA) is 84.2 Å². The molecule has 0 radical (unpaired) electrons. The van der Waals surface area contributed by atoms with E-state index in [1.165, 1.54) is 12.4 Å². The number of nitrogens with zero attached hydrogens (tertiary/aromatic N) is 2. The van der Waals surface area contributed by atoms with E-state index >= 15 is 0 Å². The first kappa shape index (κ1) is 12.0. The summed E-state index contributed by atoms with van der Waals surface area (Å²) in [7, 11) is 1.21. The fraction of sp³-hybridized carbons (Fsp3) is 0.286. The largest absolute Gasteiger partial charge is 0.477 e. The predicted octanol–water partition coefficient (Wildman–Crippen LogP) is 0.619. The van der Waals surface area contributed by atoms with Crippen LogP contribution in [0.5, 0.6) is 0 Å². The van der Waals surface area contributed by atoms with E-state index in [1.807, 2.05) is 0 Å². The molecule has 1 amide bonds. The van der Waals surface area contributed by atoms with Crippen molar-refractivity contribution in [3.63, 3.8) is 0 Å². The molecule has 16 heavy (non-hydrogen) atoms. The molecule has 2 N–H and O–H groups in total. The van der Waals surface area contributed by atoms with Crippen LogP contribution in [-0.2, 0) is 11.8 Å². The summed E-state index contributed by atoms with van der Waals surface area (Å²) >= 11 is 0. The number of carboxylic acids is 1. The lowest BCUT2D eigenvalue weighted by Gasteiger charge is -2.08. The number of anilines is 1. The highest BCUT2D eigenvalue weighted by Gasteiger charge is 2.39. The van der Waals surface area contributed by atoms with Crippen LogP contribution in [0.15, 0.2) is 6.20 Å². The number of carbonyl (C=O) groups excluding carboxylic acids is 1. The molecule has 1 aromatic rings. The van der Waals surface area contributed by atoms with Crippen molar-refractivity contribution in [3.05, 3.63) is 11.8 Å². The number of aromatic nitrogens is 2. The maximum atomic E-state index is 11.9. The number of aryl methyl sites for hydroxylation is 1. The van der Waals surface area contributed by atoms with Gasteiger partial charge in [-0.2, -0.15) is 18.3 Å². The molecule has 0 saturated heterocycles. The Morgan fingerprint density at radius 1 is 1.50 bits per heavy atom. The average molecular weight is 237 g/mol. The molecule has 1 heterocycles. The highest BCUT2D eigenvalue weighted by atomic mass is 19.4. The molecule has 0 aliphatic heterocycles. The van der Waals surface area contributed by atoms with E-state index in [1.54, 1.807) is 0 Å². The van der Waals surface area contributed by atoms with Crippen molar-refractivity contribution in [2.24, 2.45) is 7.05 Å². The number of amides is 1. The summed E-state index contributed by atoms with van der Waals surface area (Å²) in [5, 5.41) is 13.5. The number of rotatable bonds is 2. The SMILES string of the molecule is Cn1ncc(C(=O)O)c1NC(=O)C(F)(F)F. The molecule has 0 aliphatic rings. The highest BCUT2D eigenvalue weighted by molar-refractivity contribution is 6.01. The molecule has 9 heteroatoms. The van der Waals surface area contributed by atoms with E-state index in [2.05, 4.69) is 5.10 Å². The van der Waals surface area contributed by atoms with E-state index in [0.717, 1.165) is 10.9 Å². The summed E-state index contributed by atoms with van der Waals surface area (Å²) in [6.07, 6.45) is -4.24. The number of carboxylic acid groups (broad SMARTS) is 1. The van der Waals surface area contributed by atoms with Gasteiger partial charge in [0.1, 0.15) is 11.4 Å². The van der Waals surface area contributed by atoms with Gasteiger partial charge in [-0.05, 0) is 0 Å². The molecule has 0 spiro atoms. The van der Waals surface area contributed by atoms with Gasteiger partial charge >= 0.3 is 18.1 Å². The molecule has 88 valence electrons. The maximum absolute atomic E-state index is 11.9. The number of halogens is 3. The van der Waals surface area contributed by atoms with Crippen LogP contribution in [-0.4, -0.2) is 32.9 Å². The smallest absolute Gasteiger partial charge is 0.471 e. The number of hydrogen-bond donors (Lipinski definition) is 2. The first-order valence-electron chi connectivity index (χ1n) is 3.87. The Balaban J connectivity index is 3.02. The van der Waals surface area contributed by atoms with Crippen LogP contribution in [0, 0.1) is 0 Å². The standard InChI is InChI=1S/C7H6F3N3O3/c1-13-4(3(2-11-13)5(14)15)12-6(16)7(8,9)10/h2H,1H3,(H,12,16)(H,14,15). The van der Waals surface area contributed by atoms with Crippen molar-refractivity contribution in [2.45, 2.75) is 6.18 Å². The van der Waals surface area contributed by atoms with Crippen LogP contribution in [0.3, 0.4) is 0 Å². The van der Waals surface area contributed by atoms with E-state index in [-0.39, 0.29) is 0 Å². The fourth-order valence-corrected chi connectivity index (χ4v) is 0.921. The van der Waals surface area contributed by atoms with Gasteiger partial charge in [0.15, 0.2) is 0 Å². The zero-order valence-corrected chi connectivity index (χ0v) is 7.87. The van der Waals surface area contributed by atoms with E-state index in [4.69, 9.17) is 5.11 Å². The molecule has 6 nitrogen and oxygen atoms in total. The van der Waals surface area contributed by atoms with Gasteiger partial charge in [-0.25, -0.2) is 4.79 Å². The molecule has 1 rings (SSSR count). The average Bonchev–Trinajstić information content (AvgIpc) is 2.46. The Hall–Kier alpha value is -2.06. The van der Waals surface area contributed by atoms with Gasteiger partial charge in [0.2, 0.25) is 0 Å². The second-order valence-corrected chi connectivity index (χ2v) is 2.79. The molecule has 0 unspecified atom stereocenters. The van der Waals surface area contributed by atoms with Crippen molar-refractivity contribution in [3.8, 4) is 0 Å². The highest BCUT2D eigenvalue weighted by Crippen LogP contribution is 2.20. The van der Waals surface area contributed by atoms with Crippen LogP contribution in [0.25, 0.3) is 0 Å². The third kappa shape index (κ3) is 2.30. The molecule has 0 aromatic carbocycles. The lowest BCUT2D eigenvalue weighted by atomic mass is 10.3. The van der Waals surface area contributed by atoms with Crippen LogP contribution >= 0.6 is 0 Å². The maximum Gasteiger partial charge on any atom is 0.471 e. The van der Waals surface area contributed by atoms with Crippen LogP contribution in [0.1, 0.15) is 10.4 Å². The van der Waals surface area contributed by atoms with Crippen molar-refractivity contribution in [1.82, 2.24) is 9.78 Å². The summed E-state index contributed by atoms with van der Waals surface area (Å²) in [5.74, 6) is -4.25. The zero-order valence-electron chi connectivity index (χ0n) is 7.87. The summed E-state index contributed by atoms with van der Waals surface area (Å²) in [6.45, 7) is 0. The molecule has 0 atom stereocenters. The second kappa shape index (κ2) is 3.83. The Morgan fingerprint density at radius 2 is 2.06 bits per heavy atom. The zero-order chi connectivity index (χ0) is 12.5. The second-order valence-electron chi connectivity index (χ2n) is 2.79. The quantitative estimate of drug-likeness (QED) is 0.789. The van der Waals surface area contributed by atoms with Crippen LogP contribution in [0.2, 0.25) is 0 Å². The van der Waals surface area contributed by atoms with Crippen LogP contribution < -0.4 is 5.32 Å². The van der Waals surface area contributed by atoms with Gasteiger partial charge in [-0.1, -0.05) is 0 Å².